The van der Waals surface area contributed by atoms with Gasteiger partial charge in [0.15, 0.2) is 0 Å². The summed E-state index contributed by atoms with van der Waals surface area (Å²) in [6.07, 6.45) is 0. The molecular formula is C18H17Cl2FN2O. The molecule has 126 valence electrons. The summed E-state index contributed by atoms with van der Waals surface area (Å²) in [4.78, 5) is 16.4. The van der Waals surface area contributed by atoms with Gasteiger partial charge < -0.3 is 4.90 Å². The summed E-state index contributed by atoms with van der Waals surface area (Å²) in [5.41, 5.74) is 1.41. The fourth-order valence-corrected chi connectivity index (χ4v) is 3.27. The minimum absolute atomic E-state index is 0.126. The van der Waals surface area contributed by atoms with Crippen molar-refractivity contribution in [1.29, 1.82) is 0 Å². The molecule has 0 saturated carbocycles. The molecule has 2 aromatic carbocycles. The Kier molecular flexibility index (Phi) is 5.39. The lowest BCUT2D eigenvalue weighted by molar-refractivity contribution is 0.0628. The number of nitrogens with zero attached hydrogens (tertiary/aromatic N) is 2. The maximum Gasteiger partial charge on any atom is 0.254 e. The van der Waals surface area contributed by atoms with Crippen LogP contribution < -0.4 is 0 Å². The summed E-state index contributed by atoms with van der Waals surface area (Å²) in [5.74, 6) is -0.518. The molecule has 1 amide bonds. The van der Waals surface area contributed by atoms with Crippen LogP contribution in [-0.4, -0.2) is 41.9 Å². The number of hydrogen-bond donors (Lipinski definition) is 0. The van der Waals surface area contributed by atoms with Crippen molar-refractivity contribution in [3.8, 4) is 0 Å². The summed E-state index contributed by atoms with van der Waals surface area (Å²) in [6, 6.07) is 11.3. The molecule has 0 aromatic heterocycles. The van der Waals surface area contributed by atoms with Crippen molar-refractivity contribution in [2.75, 3.05) is 26.2 Å². The average Bonchev–Trinajstić information content (AvgIpc) is 2.57. The molecule has 3 nitrogen and oxygen atoms in total. The second-order valence-electron chi connectivity index (χ2n) is 5.81. The molecule has 2 aromatic rings. The van der Waals surface area contributed by atoms with Crippen LogP contribution in [0.1, 0.15) is 15.9 Å². The van der Waals surface area contributed by atoms with Crippen LogP contribution in [0, 0.1) is 5.82 Å². The van der Waals surface area contributed by atoms with E-state index in [0.717, 1.165) is 25.2 Å². The molecule has 0 atom stereocenters. The molecule has 6 heteroatoms. The monoisotopic (exact) mass is 366 g/mol. The van der Waals surface area contributed by atoms with Crippen LogP contribution in [0.4, 0.5) is 4.39 Å². The molecule has 0 aliphatic carbocycles. The van der Waals surface area contributed by atoms with Crippen LogP contribution in [0.2, 0.25) is 10.0 Å². The zero-order valence-corrected chi connectivity index (χ0v) is 14.5. The van der Waals surface area contributed by atoms with Gasteiger partial charge in [-0.1, -0.05) is 35.3 Å². The Morgan fingerprint density at radius 3 is 2.46 bits per heavy atom. The third-order valence-corrected chi connectivity index (χ3v) is 4.73. The van der Waals surface area contributed by atoms with Crippen molar-refractivity contribution in [2.45, 2.75) is 6.54 Å². The zero-order valence-electron chi connectivity index (χ0n) is 13.0. The molecule has 0 radical (unpaired) electrons. The molecular weight excluding hydrogens is 350 g/mol. The van der Waals surface area contributed by atoms with E-state index in [2.05, 4.69) is 4.90 Å². The number of amides is 1. The van der Waals surface area contributed by atoms with Crippen LogP contribution in [-0.2, 0) is 6.54 Å². The second kappa shape index (κ2) is 7.51. The van der Waals surface area contributed by atoms with E-state index >= 15 is 0 Å². The Bertz CT molecular complexity index is 746. The lowest BCUT2D eigenvalue weighted by Crippen LogP contribution is -2.48. The van der Waals surface area contributed by atoms with Crippen molar-refractivity contribution >= 4 is 29.1 Å². The van der Waals surface area contributed by atoms with Gasteiger partial charge in [0.2, 0.25) is 0 Å². The molecule has 24 heavy (non-hydrogen) atoms. The predicted molar refractivity (Wildman–Crippen MR) is 94.0 cm³/mol. The van der Waals surface area contributed by atoms with Gasteiger partial charge in [0, 0.05) is 48.3 Å². The largest absolute Gasteiger partial charge is 0.336 e. The smallest absolute Gasteiger partial charge is 0.254 e. The van der Waals surface area contributed by atoms with Crippen molar-refractivity contribution in [3.05, 3.63) is 69.5 Å². The number of carbonyl (C=O) groups is 1. The van der Waals surface area contributed by atoms with Gasteiger partial charge in [0.25, 0.3) is 5.91 Å². The highest BCUT2D eigenvalue weighted by molar-refractivity contribution is 6.35. The van der Waals surface area contributed by atoms with Gasteiger partial charge in [-0.2, -0.15) is 0 Å². The summed E-state index contributed by atoms with van der Waals surface area (Å²) in [5, 5.41) is 1.27. The van der Waals surface area contributed by atoms with Crippen LogP contribution >= 0.6 is 23.2 Å². The third-order valence-electron chi connectivity index (χ3n) is 4.14. The Labute approximate surface area is 150 Å². The first-order valence-electron chi connectivity index (χ1n) is 7.74. The van der Waals surface area contributed by atoms with E-state index < -0.39 is 5.82 Å². The predicted octanol–water partition coefficient (Wildman–Crippen LogP) is 4.09. The minimum atomic E-state index is -0.392. The third kappa shape index (κ3) is 4.07. The normalized spacial score (nSPS) is 15.5. The van der Waals surface area contributed by atoms with E-state index in [0.29, 0.717) is 28.7 Å². The number of benzene rings is 2. The zero-order chi connectivity index (χ0) is 17.1. The number of piperazine rings is 1. The molecule has 0 N–H and O–H groups in total. The number of carbonyl (C=O) groups excluding carboxylic acids is 1. The lowest BCUT2D eigenvalue weighted by atomic mass is 10.1. The van der Waals surface area contributed by atoms with E-state index in [1.165, 1.54) is 12.1 Å². The van der Waals surface area contributed by atoms with E-state index in [4.69, 9.17) is 23.2 Å². The fourth-order valence-electron chi connectivity index (χ4n) is 2.80. The van der Waals surface area contributed by atoms with Crippen molar-refractivity contribution in [1.82, 2.24) is 9.80 Å². The maximum absolute atomic E-state index is 13.3. The van der Waals surface area contributed by atoms with Gasteiger partial charge in [0.05, 0.1) is 0 Å². The van der Waals surface area contributed by atoms with Gasteiger partial charge in [-0.05, 0) is 35.9 Å². The molecule has 0 bridgehead atoms. The molecule has 1 saturated heterocycles. The highest BCUT2D eigenvalue weighted by atomic mass is 35.5. The highest BCUT2D eigenvalue weighted by Gasteiger charge is 2.22. The summed E-state index contributed by atoms with van der Waals surface area (Å²) in [6.45, 7) is 3.44. The van der Waals surface area contributed by atoms with Crippen molar-refractivity contribution in [2.24, 2.45) is 0 Å². The Morgan fingerprint density at radius 1 is 1.04 bits per heavy atom. The number of hydrogen-bond acceptors (Lipinski definition) is 2. The van der Waals surface area contributed by atoms with Gasteiger partial charge >= 0.3 is 0 Å². The topological polar surface area (TPSA) is 23.6 Å². The molecule has 1 fully saturated rings. The van der Waals surface area contributed by atoms with Gasteiger partial charge in [-0.3, -0.25) is 9.69 Å². The Morgan fingerprint density at radius 2 is 1.79 bits per heavy atom. The quantitative estimate of drug-likeness (QED) is 0.816. The fraction of sp³-hybridized carbons (Fsp3) is 0.278. The first-order chi connectivity index (χ1) is 11.5. The van der Waals surface area contributed by atoms with Gasteiger partial charge in [0.1, 0.15) is 5.82 Å². The molecule has 1 aliphatic heterocycles. The Hall–Kier alpha value is -1.62. The first-order valence-corrected chi connectivity index (χ1v) is 8.49. The molecule has 0 spiro atoms. The van der Waals surface area contributed by atoms with Crippen molar-refractivity contribution < 1.29 is 9.18 Å². The molecule has 1 heterocycles. The lowest BCUT2D eigenvalue weighted by Gasteiger charge is -2.35. The summed E-state index contributed by atoms with van der Waals surface area (Å²) in [7, 11) is 0. The van der Waals surface area contributed by atoms with Crippen LogP contribution in [0.25, 0.3) is 0 Å². The summed E-state index contributed by atoms with van der Waals surface area (Å²) >= 11 is 12.1. The van der Waals surface area contributed by atoms with Gasteiger partial charge in [-0.25, -0.2) is 4.39 Å². The molecule has 0 unspecified atom stereocenters. The van der Waals surface area contributed by atoms with Crippen LogP contribution in [0.15, 0.2) is 42.5 Å². The first kappa shape index (κ1) is 17.2. The number of rotatable bonds is 3. The van der Waals surface area contributed by atoms with Crippen molar-refractivity contribution in [3.63, 3.8) is 0 Å². The molecule has 3 rings (SSSR count). The summed E-state index contributed by atoms with van der Waals surface area (Å²) < 4.78 is 13.3. The maximum atomic E-state index is 13.3. The van der Waals surface area contributed by atoms with Crippen LogP contribution in [0.3, 0.4) is 0 Å². The van der Waals surface area contributed by atoms with Gasteiger partial charge in [-0.15, -0.1) is 0 Å². The SMILES string of the molecule is O=C(c1cccc(F)c1)N1CCN(Cc2ccc(Cl)cc2Cl)CC1. The van der Waals surface area contributed by atoms with E-state index in [9.17, 15) is 9.18 Å². The van der Waals surface area contributed by atoms with E-state index in [1.54, 1.807) is 23.1 Å². The average molecular weight is 367 g/mol. The standard InChI is InChI=1S/C18H17Cl2FN2O/c19-15-5-4-14(17(20)11-15)12-22-6-8-23(9-7-22)18(24)13-2-1-3-16(21)10-13/h1-5,10-11H,6-9,12H2. The van der Waals surface area contributed by atoms with E-state index in [-0.39, 0.29) is 5.91 Å². The second-order valence-corrected chi connectivity index (χ2v) is 6.66. The molecule has 1 aliphatic rings. The Balaban J connectivity index is 1.58. The number of halogens is 3. The minimum Gasteiger partial charge on any atom is -0.336 e. The van der Waals surface area contributed by atoms with E-state index in [1.807, 2.05) is 12.1 Å². The van der Waals surface area contributed by atoms with Crippen LogP contribution in [0.5, 0.6) is 0 Å². The highest BCUT2D eigenvalue weighted by Crippen LogP contribution is 2.23.